The SMILES string of the molecule is C[Si](C)(C)[Si](C(=O)c1ccccc1)([Si](C)(C)C)[Si](C)(C)C. The Bertz CT molecular complexity index is 468. The maximum Gasteiger partial charge on any atom is 0.132 e. The summed E-state index contributed by atoms with van der Waals surface area (Å²) in [4.78, 5) is 13.8. The number of benzene rings is 1. The zero-order valence-electron chi connectivity index (χ0n) is 15.3. The van der Waals surface area contributed by atoms with E-state index in [1.54, 1.807) is 0 Å². The van der Waals surface area contributed by atoms with E-state index < -0.39 is 29.4 Å². The van der Waals surface area contributed by atoms with Crippen molar-refractivity contribution in [1.82, 2.24) is 0 Å². The van der Waals surface area contributed by atoms with E-state index in [1.807, 2.05) is 30.3 Å². The molecule has 21 heavy (non-hydrogen) atoms. The first-order chi connectivity index (χ1) is 9.27. The predicted octanol–water partition coefficient (Wildman–Crippen LogP) is 5.11. The Labute approximate surface area is 134 Å². The molecule has 0 aliphatic carbocycles. The quantitative estimate of drug-likeness (QED) is 0.673. The Morgan fingerprint density at radius 2 is 1.00 bits per heavy atom. The van der Waals surface area contributed by atoms with Gasteiger partial charge in [-0.25, -0.2) is 0 Å². The van der Waals surface area contributed by atoms with Crippen LogP contribution in [0, 0.1) is 0 Å². The second kappa shape index (κ2) is 5.75. The van der Waals surface area contributed by atoms with E-state index in [0.29, 0.717) is 5.41 Å². The predicted molar refractivity (Wildman–Crippen MR) is 107 cm³/mol. The standard InChI is InChI=1S/C16H32OSi4/c1-18(2,3)21(19(4,5)6,20(7,8)9)16(17)15-13-11-10-12-14-15/h10-14H,1-9H3. The van der Waals surface area contributed by atoms with Gasteiger partial charge in [-0.05, 0) is 0 Å². The van der Waals surface area contributed by atoms with Gasteiger partial charge < -0.3 is 4.79 Å². The van der Waals surface area contributed by atoms with Gasteiger partial charge in [0.2, 0.25) is 0 Å². The van der Waals surface area contributed by atoms with Crippen molar-refractivity contribution in [2.24, 2.45) is 0 Å². The van der Waals surface area contributed by atoms with Crippen LogP contribution in [-0.2, 0) is 0 Å². The summed E-state index contributed by atoms with van der Waals surface area (Å²) in [6.07, 6.45) is 0. The molecule has 5 heteroatoms. The fourth-order valence-corrected chi connectivity index (χ4v) is 103. The molecular formula is C16H32OSi4. The highest BCUT2D eigenvalue weighted by Gasteiger charge is 2.66. The minimum absolute atomic E-state index is 0.584. The van der Waals surface area contributed by atoms with Crippen LogP contribution in [0.3, 0.4) is 0 Å². The van der Waals surface area contributed by atoms with Gasteiger partial charge in [0.25, 0.3) is 0 Å². The van der Waals surface area contributed by atoms with Gasteiger partial charge in [0.05, 0.1) is 0 Å². The van der Waals surface area contributed by atoms with Crippen LogP contribution in [0.2, 0.25) is 58.9 Å². The molecule has 1 nitrogen and oxygen atoms in total. The zero-order chi connectivity index (χ0) is 16.7. The van der Waals surface area contributed by atoms with Crippen molar-refractivity contribution in [2.45, 2.75) is 58.9 Å². The molecule has 0 N–H and O–H groups in total. The number of carbonyl (C=O) groups excluding carboxylic acids is 1. The fraction of sp³-hybridized carbons (Fsp3) is 0.562. The van der Waals surface area contributed by atoms with E-state index in [-0.39, 0.29) is 0 Å². The van der Waals surface area contributed by atoms with Crippen molar-refractivity contribution in [3.63, 3.8) is 0 Å². The molecule has 0 heterocycles. The lowest BCUT2D eigenvalue weighted by molar-refractivity contribution is 0.107. The normalized spacial score (nSPS) is 14.1. The van der Waals surface area contributed by atoms with Crippen LogP contribution in [0.4, 0.5) is 0 Å². The lowest BCUT2D eigenvalue weighted by Crippen LogP contribution is -2.86. The second-order valence-corrected chi connectivity index (χ2v) is 49.4. The van der Waals surface area contributed by atoms with Crippen LogP contribution in [0.1, 0.15) is 10.4 Å². The minimum atomic E-state index is -1.97. The second-order valence-electron chi connectivity index (χ2n) is 9.20. The van der Waals surface area contributed by atoms with Crippen LogP contribution in [0.25, 0.3) is 0 Å². The Hall–Kier alpha value is -0.242. The Balaban J connectivity index is 3.72. The monoisotopic (exact) mass is 352 g/mol. The first-order valence-corrected chi connectivity index (χ1v) is 23.4. The molecule has 1 aromatic carbocycles. The molecule has 0 radical (unpaired) electrons. The van der Waals surface area contributed by atoms with Crippen LogP contribution >= 0.6 is 0 Å². The van der Waals surface area contributed by atoms with E-state index in [1.165, 1.54) is 0 Å². The molecule has 118 valence electrons. The van der Waals surface area contributed by atoms with Crippen molar-refractivity contribution >= 4 is 34.8 Å². The highest BCUT2D eigenvalue weighted by molar-refractivity contribution is 7.97. The molecule has 0 aromatic heterocycles. The van der Waals surface area contributed by atoms with E-state index >= 15 is 0 Å². The maximum absolute atomic E-state index is 13.8. The van der Waals surface area contributed by atoms with Gasteiger partial charge in [-0.1, -0.05) is 89.3 Å². The third kappa shape index (κ3) is 3.11. The molecular weight excluding hydrogens is 321 g/mol. The van der Waals surface area contributed by atoms with Crippen LogP contribution in [0.5, 0.6) is 0 Å². The van der Waals surface area contributed by atoms with Gasteiger partial charge in [0.15, 0.2) is 0 Å². The summed E-state index contributed by atoms with van der Waals surface area (Å²) >= 11 is 0. The lowest BCUT2D eigenvalue weighted by atomic mass is 10.2. The highest BCUT2D eigenvalue weighted by Crippen LogP contribution is 2.39. The number of carbonyl (C=O) groups is 1. The molecule has 1 rings (SSSR count). The van der Waals surface area contributed by atoms with Crippen molar-refractivity contribution in [3.05, 3.63) is 35.9 Å². The third-order valence-electron chi connectivity index (χ3n) is 4.75. The summed E-state index contributed by atoms with van der Waals surface area (Å²) in [5.74, 6) is 0. The molecule has 0 bridgehead atoms. The van der Waals surface area contributed by atoms with E-state index in [0.717, 1.165) is 5.56 Å². The zero-order valence-corrected chi connectivity index (χ0v) is 19.3. The van der Waals surface area contributed by atoms with E-state index in [4.69, 9.17) is 0 Å². The molecule has 0 saturated carbocycles. The number of rotatable bonds is 5. The van der Waals surface area contributed by atoms with Gasteiger partial charge in [-0.2, -0.15) is 0 Å². The van der Waals surface area contributed by atoms with Crippen LogP contribution < -0.4 is 0 Å². The van der Waals surface area contributed by atoms with Gasteiger partial charge in [0, 0.05) is 28.3 Å². The molecule has 0 unspecified atom stereocenters. The smallest absolute Gasteiger partial charge is 0.132 e. The van der Waals surface area contributed by atoms with Gasteiger partial charge in [-0.3, -0.25) is 0 Å². The van der Waals surface area contributed by atoms with Gasteiger partial charge >= 0.3 is 0 Å². The van der Waals surface area contributed by atoms with Crippen LogP contribution in [0.15, 0.2) is 30.3 Å². The van der Waals surface area contributed by atoms with Gasteiger partial charge in [0.1, 0.15) is 12.0 Å². The number of hydrogen-bond acceptors (Lipinski definition) is 1. The first kappa shape index (κ1) is 18.8. The maximum atomic E-state index is 13.8. The summed E-state index contributed by atoms with van der Waals surface area (Å²) < 4.78 is 0. The molecule has 0 saturated heterocycles. The van der Waals surface area contributed by atoms with Crippen molar-refractivity contribution < 1.29 is 4.79 Å². The Morgan fingerprint density at radius 3 is 1.29 bits per heavy atom. The highest BCUT2D eigenvalue weighted by atomic mass is 29.9. The first-order valence-electron chi connectivity index (χ1n) is 7.86. The molecule has 1 aromatic rings. The number of hydrogen-bond donors (Lipinski definition) is 0. The van der Waals surface area contributed by atoms with Crippen LogP contribution in [-0.4, -0.2) is 34.8 Å². The summed E-state index contributed by atoms with van der Waals surface area (Å²) in [7, 11) is -4.62. The van der Waals surface area contributed by atoms with Crippen molar-refractivity contribution in [2.75, 3.05) is 0 Å². The van der Waals surface area contributed by atoms with E-state index in [9.17, 15) is 4.79 Å². The summed E-state index contributed by atoms with van der Waals surface area (Å²) in [5, 5.41) is 0.584. The van der Waals surface area contributed by atoms with Crippen molar-refractivity contribution in [3.8, 4) is 0 Å². The van der Waals surface area contributed by atoms with Gasteiger partial charge in [-0.15, -0.1) is 0 Å². The van der Waals surface area contributed by atoms with E-state index in [2.05, 4.69) is 58.9 Å². The molecule has 0 spiro atoms. The Morgan fingerprint density at radius 1 is 0.667 bits per heavy atom. The molecule has 0 amide bonds. The average molecular weight is 353 g/mol. The third-order valence-corrected chi connectivity index (χ3v) is 75.3. The van der Waals surface area contributed by atoms with Crippen molar-refractivity contribution in [1.29, 1.82) is 0 Å². The molecule has 0 aliphatic heterocycles. The molecule has 0 aliphatic rings. The Kier molecular flexibility index (Phi) is 5.15. The summed E-state index contributed by atoms with van der Waals surface area (Å²) in [6.45, 7) is 20.3. The topological polar surface area (TPSA) is 17.1 Å². The fourth-order valence-electron chi connectivity index (χ4n) is 5.20. The molecule has 0 atom stereocenters. The molecule has 0 fully saturated rings. The lowest BCUT2D eigenvalue weighted by Gasteiger charge is -2.55. The summed E-state index contributed by atoms with van der Waals surface area (Å²) in [6, 6.07) is 10.1. The summed E-state index contributed by atoms with van der Waals surface area (Å²) in [5.41, 5.74) is 0.983. The largest absolute Gasteiger partial charge is 0.301 e. The minimum Gasteiger partial charge on any atom is -0.301 e. The average Bonchev–Trinajstić information content (AvgIpc) is 2.24.